The first-order valence-electron chi connectivity index (χ1n) is 32.1. The number of phosphoric acid groups is 1. The highest BCUT2D eigenvalue weighted by atomic mass is 31.2. The number of carbonyl (C=O) groups excluding carboxylic acids is 2. The third kappa shape index (κ3) is 59.7. The van der Waals surface area contributed by atoms with Crippen LogP contribution in [0.2, 0.25) is 0 Å². The van der Waals surface area contributed by atoms with Crippen LogP contribution >= 0.6 is 7.82 Å². The molecule has 9 nitrogen and oxygen atoms in total. The molecule has 2 unspecified atom stereocenters. The number of phosphoric ester groups is 1. The Kier molecular flexibility index (Phi) is 55.1. The van der Waals surface area contributed by atoms with E-state index in [4.69, 9.17) is 18.5 Å². The predicted octanol–water partition coefficient (Wildman–Crippen LogP) is 20.2. The van der Waals surface area contributed by atoms with E-state index < -0.39 is 26.5 Å². The van der Waals surface area contributed by atoms with E-state index in [1.165, 1.54) is 257 Å². The zero-order valence-corrected chi connectivity index (χ0v) is 50.8. The summed E-state index contributed by atoms with van der Waals surface area (Å²) in [7, 11) is 1.49. The number of unbranched alkanes of at least 4 members (excludes halogenated alkanes) is 42. The monoisotopic (exact) mass is 1070 g/mol. The molecule has 0 saturated heterocycles. The van der Waals surface area contributed by atoms with Crippen LogP contribution in [-0.4, -0.2) is 74.9 Å². The minimum Gasteiger partial charge on any atom is -0.462 e. The Morgan fingerprint density at radius 3 is 1.00 bits per heavy atom. The molecule has 0 aliphatic carbocycles. The Morgan fingerprint density at radius 2 is 0.689 bits per heavy atom. The third-order valence-electron chi connectivity index (χ3n) is 14.5. The Morgan fingerprint density at radius 1 is 0.405 bits per heavy atom. The van der Waals surface area contributed by atoms with Gasteiger partial charge in [0.25, 0.3) is 0 Å². The lowest BCUT2D eigenvalue weighted by Gasteiger charge is -2.24. The van der Waals surface area contributed by atoms with Gasteiger partial charge >= 0.3 is 19.8 Å². The molecule has 0 aromatic rings. The first-order valence-corrected chi connectivity index (χ1v) is 33.6. The fourth-order valence-corrected chi connectivity index (χ4v) is 10.2. The molecule has 10 heteroatoms. The Bertz CT molecular complexity index is 1300. The first kappa shape index (κ1) is 72.5. The van der Waals surface area contributed by atoms with Crippen LogP contribution in [0.3, 0.4) is 0 Å². The summed E-state index contributed by atoms with van der Waals surface area (Å²) < 4.78 is 34.7. The van der Waals surface area contributed by atoms with Crippen molar-refractivity contribution in [1.29, 1.82) is 0 Å². The number of rotatable bonds is 60. The number of esters is 2. The van der Waals surface area contributed by atoms with Crippen molar-refractivity contribution in [1.82, 2.24) is 0 Å². The zero-order valence-electron chi connectivity index (χ0n) is 49.9. The Labute approximate surface area is 459 Å². The molecule has 0 radical (unpaired) electrons. The fraction of sp³-hybridized carbons (Fsp3) is 0.906. The Hall–Kier alpha value is -1.51. The molecule has 0 bridgehead atoms. The number of quaternary nitrogens is 1. The van der Waals surface area contributed by atoms with Crippen molar-refractivity contribution in [3.05, 3.63) is 24.3 Å². The molecule has 0 fully saturated rings. The maximum absolute atomic E-state index is 12.8. The highest BCUT2D eigenvalue weighted by Crippen LogP contribution is 2.43. The van der Waals surface area contributed by atoms with E-state index in [0.717, 1.165) is 32.1 Å². The van der Waals surface area contributed by atoms with Crippen LogP contribution in [0.1, 0.15) is 322 Å². The fourth-order valence-electron chi connectivity index (χ4n) is 9.48. The minimum atomic E-state index is -4.38. The van der Waals surface area contributed by atoms with Crippen molar-refractivity contribution in [2.75, 3.05) is 47.5 Å². The molecule has 0 aromatic heterocycles. The van der Waals surface area contributed by atoms with Crippen molar-refractivity contribution < 1.29 is 42.1 Å². The van der Waals surface area contributed by atoms with E-state index in [2.05, 4.69) is 38.2 Å². The van der Waals surface area contributed by atoms with Crippen molar-refractivity contribution in [2.45, 2.75) is 328 Å². The van der Waals surface area contributed by atoms with Gasteiger partial charge in [-0.2, -0.15) is 0 Å². The molecule has 0 aliphatic heterocycles. The molecule has 0 spiro atoms. The van der Waals surface area contributed by atoms with E-state index in [1.807, 2.05) is 21.1 Å². The maximum Gasteiger partial charge on any atom is 0.472 e. The van der Waals surface area contributed by atoms with Gasteiger partial charge in [-0.15, -0.1) is 0 Å². The summed E-state index contributed by atoms with van der Waals surface area (Å²) in [6.45, 7) is 4.49. The van der Waals surface area contributed by atoms with Gasteiger partial charge in [0.2, 0.25) is 0 Å². The first-order chi connectivity index (χ1) is 36.0. The SMILES string of the molecule is CCCCCCCCCC/C=C\CCCCCCCCCCCCCCCCCC(=O)OC(COC(=O)CCCCCCCCCCCCC/C=C\CCCCCCCCCC)COP(=O)(O)OCC[N+](C)(C)C. The lowest BCUT2D eigenvalue weighted by atomic mass is 10.0. The summed E-state index contributed by atoms with van der Waals surface area (Å²) in [5.74, 6) is -0.780. The molecule has 0 rings (SSSR count). The molecule has 1 N–H and O–H groups in total. The second-order valence-corrected chi connectivity index (χ2v) is 24.6. The van der Waals surface area contributed by atoms with Gasteiger partial charge in [0.1, 0.15) is 19.8 Å². The van der Waals surface area contributed by atoms with E-state index in [-0.39, 0.29) is 25.6 Å². The van der Waals surface area contributed by atoms with Crippen LogP contribution in [0.4, 0.5) is 0 Å². The molecular formula is C64H125NO8P+. The van der Waals surface area contributed by atoms with Crippen LogP contribution in [-0.2, 0) is 32.7 Å². The molecule has 0 saturated carbocycles. The summed E-state index contributed by atoms with van der Waals surface area (Å²) >= 11 is 0. The third-order valence-corrected chi connectivity index (χ3v) is 15.4. The summed E-state index contributed by atoms with van der Waals surface area (Å²) in [4.78, 5) is 35.8. The van der Waals surface area contributed by atoms with Crippen LogP contribution in [0.15, 0.2) is 24.3 Å². The van der Waals surface area contributed by atoms with Gasteiger partial charge in [0.05, 0.1) is 27.7 Å². The minimum absolute atomic E-state index is 0.0344. The van der Waals surface area contributed by atoms with Crippen molar-refractivity contribution in [3.63, 3.8) is 0 Å². The van der Waals surface area contributed by atoms with Gasteiger partial charge in [0, 0.05) is 12.8 Å². The highest BCUT2D eigenvalue weighted by molar-refractivity contribution is 7.47. The molecular weight excluding hydrogens is 942 g/mol. The number of allylic oxidation sites excluding steroid dienone is 4. The second-order valence-electron chi connectivity index (χ2n) is 23.1. The average molecular weight is 1070 g/mol. The zero-order chi connectivity index (χ0) is 54.2. The second kappa shape index (κ2) is 56.2. The number of ether oxygens (including phenoxy) is 2. The molecule has 438 valence electrons. The number of carbonyl (C=O) groups is 2. The van der Waals surface area contributed by atoms with Crippen LogP contribution in [0, 0.1) is 0 Å². The molecule has 2 atom stereocenters. The largest absolute Gasteiger partial charge is 0.472 e. The standard InChI is InChI=1S/C64H124NO8P/c1-6-8-10-12-14-16-18-20-22-24-26-28-30-31-32-33-35-37-39-41-43-45-47-49-51-53-55-57-64(67)73-62(61-72-74(68,69)71-59-58-65(3,4)5)60-70-63(66)56-54-52-50-48-46-44-42-40-38-36-34-29-27-25-23-21-19-17-15-13-11-9-7-2/h24-27,62H,6-23,28-61H2,1-5H3/p+1/b26-24-,27-25-. The topological polar surface area (TPSA) is 108 Å². The van der Waals surface area contributed by atoms with E-state index in [9.17, 15) is 19.0 Å². The summed E-state index contributed by atoms with van der Waals surface area (Å²) in [5.41, 5.74) is 0. The molecule has 0 amide bonds. The van der Waals surface area contributed by atoms with E-state index in [0.29, 0.717) is 23.9 Å². The van der Waals surface area contributed by atoms with Crippen LogP contribution in [0.5, 0.6) is 0 Å². The van der Waals surface area contributed by atoms with Gasteiger partial charge in [-0.1, -0.05) is 269 Å². The predicted molar refractivity (Wildman–Crippen MR) is 317 cm³/mol. The average Bonchev–Trinajstić information content (AvgIpc) is 3.36. The summed E-state index contributed by atoms with van der Waals surface area (Å²) in [6, 6.07) is 0. The number of hydrogen-bond acceptors (Lipinski definition) is 7. The van der Waals surface area contributed by atoms with Gasteiger partial charge in [-0.3, -0.25) is 18.6 Å². The van der Waals surface area contributed by atoms with E-state index in [1.54, 1.807) is 0 Å². The Balaban J connectivity index is 4.07. The molecule has 0 heterocycles. The van der Waals surface area contributed by atoms with Crippen molar-refractivity contribution in [3.8, 4) is 0 Å². The van der Waals surface area contributed by atoms with Crippen LogP contribution in [0.25, 0.3) is 0 Å². The highest BCUT2D eigenvalue weighted by Gasteiger charge is 2.27. The number of likely N-dealkylation sites (N-methyl/N-ethyl adjacent to an activating group) is 1. The summed E-state index contributed by atoms with van der Waals surface area (Å²) in [6.07, 6.45) is 68.3. The quantitative estimate of drug-likeness (QED) is 0.0211. The van der Waals surface area contributed by atoms with Crippen molar-refractivity contribution >= 4 is 19.8 Å². The smallest absolute Gasteiger partial charge is 0.462 e. The summed E-state index contributed by atoms with van der Waals surface area (Å²) in [5, 5.41) is 0. The lowest BCUT2D eigenvalue weighted by Crippen LogP contribution is -2.37. The lowest BCUT2D eigenvalue weighted by molar-refractivity contribution is -0.870. The van der Waals surface area contributed by atoms with Gasteiger partial charge in [-0.05, 0) is 64.2 Å². The molecule has 0 aliphatic rings. The molecule has 0 aromatic carbocycles. The maximum atomic E-state index is 12.8. The van der Waals surface area contributed by atoms with Gasteiger partial charge in [-0.25, -0.2) is 4.57 Å². The van der Waals surface area contributed by atoms with Crippen LogP contribution < -0.4 is 0 Å². The molecule has 74 heavy (non-hydrogen) atoms. The number of hydrogen-bond donors (Lipinski definition) is 1. The van der Waals surface area contributed by atoms with E-state index >= 15 is 0 Å². The number of nitrogens with zero attached hydrogens (tertiary/aromatic N) is 1. The van der Waals surface area contributed by atoms with Gasteiger partial charge < -0.3 is 18.9 Å². The van der Waals surface area contributed by atoms with Crippen molar-refractivity contribution in [2.24, 2.45) is 0 Å². The normalized spacial score (nSPS) is 13.3. The van der Waals surface area contributed by atoms with Gasteiger partial charge in [0.15, 0.2) is 6.10 Å².